The summed E-state index contributed by atoms with van der Waals surface area (Å²) in [6.45, 7) is 2.78. The van der Waals surface area contributed by atoms with E-state index in [9.17, 15) is 18.4 Å². The minimum Gasteiger partial charge on any atom is -0.325 e. The molecule has 1 aliphatic heterocycles. The van der Waals surface area contributed by atoms with E-state index in [1.807, 2.05) is 0 Å². The molecule has 1 atom stereocenters. The summed E-state index contributed by atoms with van der Waals surface area (Å²) >= 11 is 5.84. The first-order chi connectivity index (χ1) is 13.8. The molecule has 5 nitrogen and oxygen atoms in total. The van der Waals surface area contributed by atoms with E-state index in [0.29, 0.717) is 36.6 Å². The van der Waals surface area contributed by atoms with Crippen molar-refractivity contribution >= 4 is 34.9 Å². The number of amides is 3. The Kier molecular flexibility index (Phi) is 6.69. The zero-order chi connectivity index (χ0) is 21.0. The standard InChI is InChI=1S/C21H22ClF2N3O2/c1-13(20(28)26-19-12-16(23)4-7-18(19)24)14-8-10-27(11-9-14)21(29)25-17-5-2-15(22)3-6-17/h2-7,12-14H,8-11H2,1H3,(H,25,29)(H,26,28). The van der Waals surface area contributed by atoms with Crippen molar-refractivity contribution < 1.29 is 18.4 Å². The van der Waals surface area contributed by atoms with Gasteiger partial charge in [-0.1, -0.05) is 18.5 Å². The van der Waals surface area contributed by atoms with E-state index in [2.05, 4.69) is 10.6 Å². The molecule has 0 aromatic heterocycles. The van der Waals surface area contributed by atoms with E-state index in [0.717, 1.165) is 18.2 Å². The summed E-state index contributed by atoms with van der Waals surface area (Å²) in [5.74, 6) is -2.00. The summed E-state index contributed by atoms with van der Waals surface area (Å²) in [6, 6.07) is 9.59. The molecule has 0 saturated carbocycles. The fourth-order valence-electron chi connectivity index (χ4n) is 3.39. The number of urea groups is 1. The monoisotopic (exact) mass is 421 g/mol. The topological polar surface area (TPSA) is 61.4 Å². The van der Waals surface area contributed by atoms with Crippen LogP contribution in [0.1, 0.15) is 19.8 Å². The van der Waals surface area contributed by atoms with Gasteiger partial charge in [-0.2, -0.15) is 0 Å². The van der Waals surface area contributed by atoms with E-state index in [-0.39, 0.29) is 29.5 Å². The van der Waals surface area contributed by atoms with Crippen molar-refractivity contribution in [2.45, 2.75) is 19.8 Å². The maximum Gasteiger partial charge on any atom is 0.321 e. The molecule has 3 rings (SSSR count). The van der Waals surface area contributed by atoms with E-state index < -0.39 is 11.6 Å². The highest BCUT2D eigenvalue weighted by atomic mass is 35.5. The number of hydrogen-bond donors (Lipinski definition) is 2. The molecule has 0 spiro atoms. The van der Waals surface area contributed by atoms with Crippen LogP contribution in [0.2, 0.25) is 5.02 Å². The molecule has 1 aliphatic rings. The Hall–Kier alpha value is -2.67. The fraction of sp³-hybridized carbons (Fsp3) is 0.333. The Balaban J connectivity index is 1.51. The van der Waals surface area contributed by atoms with E-state index >= 15 is 0 Å². The van der Waals surface area contributed by atoms with Gasteiger partial charge in [-0.3, -0.25) is 4.79 Å². The molecule has 29 heavy (non-hydrogen) atoms. The van der Waals surface area contributed by atoms with Gasteiger partial charge >= 0.3 is 6.03 Å². The van der Waals surface area contributed by atoms with Crippen molar-refractivity contribution in [1.82, 2.24) is 4.90 Å². The van der Waals surface area contributed by atoms with E-state index in [1.165, 1.54) is 0 Å². The van der Waals surface area contributed by atoms with Gasteiger partial charge in [0, 0.05) is 35.8 Å². The van der Waals surface area contributed by atoms with Crippen LogP contribution in [0.4, 0.5) is 25.0 Å². The first-order valence-corrected chi connectivity index (χ1v) is 9.78. The van der Waals surface area contributed by atoms with Gasteiger partial charge in [-0.25, -0.2) is 13.6 Å². The molecule has 1 heterocycles. The average molecular weight is 422 g/mol. The first kappa shape index (κ1) is 21.0. The third-order valence-electron chi connectivity index (χ3n) is 5.23. The number of rotatable bonds is 4. The largest absolute Gasteiger partial charge is 0.325 e. The van der Waals surface area contributed by atoms with Gasteiger partial charge in [0.15, 0.2) is 0 Å². The molecule has 8 heteroatoms. The number of likely N-dealkylation sites (tertiary alicyclic amines) is 1. The van der Waals surface area contributed by atoms with Crippen molar-refractivity contribution in [3.05, 3.63) is 59.1 Å². The lowest BCUT2D eigenvalue weighted by molar-refractivity contribution is -0.121. The Morgan fingerprint density at radius 2 is 1.72 bits per heavy atom. The smallest absolute Gasteiger partial charge is 0.321 e. The van der Waals surface area contributed by atoms with Gasteiger partial charge < -0.3 is 15.5 Å². The predicted molar refractivity (Wildman–Crippen MR) is 109 cm³/mol. The summed E-state index contributed by atoms with van der Waals surface area (Å²) in [5, 5.41) is 5.88. The number of benzene rings is 2. The predicted octanol–water partition coefficient (Wildman–Crippen LogP) is 5.14. The van der Waals surface area contributed by atoms with Gasteiger partial charge in [0.2, 0.25) is 5.91 Å². The first-order valence-electron chi connectivity index (χ1n) is 9.41. The van der Waals surface area contributed by atoms with Crippen molar-refractivity contribution in [2.75, 3.05) is 23.7 Å². The molecule has 1 unspecified atom stereocenters. The second-order valence-electron chi connectivity index (χ2n) is 7.16. The molecule has 2 aromatic carbocycles. The Morgan fingerprint density at radius 3 is 2.38 bits per heavy atom. The molecule has 2 N–H and O–H groups in total. The van der Waals surface area contributed by atoms with Crippen LogP contribution in [0.25, 0.3) is 0 Å². The third kappa shape index (κ3) is 5.44. The molecule has 2 aromatic rings. The number of piperidine rings is 1. The van der Waals surface area contributed by atoms with Crippen LogP contribution in [-0.4, -0.2) is 29.9 Å². The molecule has 0 aliphatic carbocycles. The van der Waals surface area contributed by atoms with Crippen molar-refractivity contribution in [3.8, 4) is 0 Å². The summed E-state index contributed by atoms with van der Waals surface area (Å²) in [7, 11) is 0. The van der Waals surface area contributed by atoms with Crippen LogP contribution in [0.3, 0.4) is 0 Å². The molecular formula is C21H22ClF2N3O2. The highest BCUT2D eigenvalue weighted by Gasteiger charge is 2.30. The molecule has 3 amide bonds. The molecule has 154 valence electrons. The summed E-state index contributed by atoms with van der Waals surface area (Å²) in [4.78, 5) is 26.6. The fourth-order valence-corrected chi connectivity index (χ4v) is 3.52. The molecule has 1 saturated heterocycles. The van der Waals surface area contributed by atoms with Crippen molar-refractivity contribution in [3.63, 3.8) is 0 Å². The number of anilines is 2. The van der Waals surface area contributed by atoms with Gasteiger partial charge in [0.1, 0.15) is 11.6 Å². The minimum absolute atomic E-state index is 0.0474. The number of carbonyl (C=O) groups is 2. The van der Waals surface area contributed by atoms with Gasteiger partial charge in [-0.05, 0) is 55.2 Å². The highest BCUT2D eigenvalue weighted by Crippen LogP contribution is 2.27. The Labute approximate surface area is 173 Å². The number of halogens is 3. The summed E-state index contributed by atoms with van der Waals surface area (Å²) < 4.78 is 27.0. The van der Waals surface area contributed by atoms with Crippen LogP contribution in [0.5, 0.6) is 0 Å². The Morgan fingerprint density at radius 1 is 1.07 bits per heavy atom. The molecule has 0 radical (unpaired) electrons. The number of nitrogens with one attached hydrogen (secondary N) is 2. The second kappa shape index (κ2) is 9.22. The van der Waals surface area contributed by atoms with Crippen molar-refractivity contribution in [2.24, 2.45) is 11.8 Å². The maximum absolute atomic E-state index is 13.7. The van der Waals surface area contributed by atoms with Gasteiger partial charge in [0.25, 0.3) is 0 Å². The zero-order valence-corrected chi connectivity index (χ0v) is 16.7. The van der Waals surface area contributed by atoms with Crippen LogP contribution >= 0.6 is 11.6 Å². The van der Waals surface area contributed by atoms with Crippen LogP contribution < -0.4 is 10.6 Å². The lowest BCUT2D eigenvalue weighted by atomic mass is 9.85. The number of hydrogen-bond acceptors (Lipinski definition) is 2. The average Bonchev–Trinajstić information content (AvgIpc) is 2.72. The van der Waals surface area contributed by atoms with Gasteiger partial charge in [-0.15, -0.1) is 0 Å². The van der Waals surface area contributed by atoms with Crippen LogP contribution in [0, 0.1) is 23.5 Å². The Bertz CT molecular complexity index is 884. The molecule has 1 fully saturated rings. The highest BCUT2D eigenvalue weighted by molar-refractivity contribution is 6.30. The van der Waals surface area contributed by atoms with E-state index in [1.54, 1.807) is 36.1 Å². The lowest BCUT2D eigenvalue weighted by Gasteiger charge is -2.34. The maximum atomic E-state index is 13.7. The lowest BCUT2D eigenvalue weighted by Crippen LogP contribution is -2.43. The zero-order valence-electron chi connectivity index (χ0n) is 15.9. The van der Waals surface area contributed by atoms with Gasteiger partial charge in [0.05, 0.1) is 5.69 Å². The van der Waals surface area contributed by atoms with Crippen molar-refractivity contribution in [1.29, 1.82) is 0 Å². The quantitative estimate of drug-likeness (QED) is 0.718. The number of nitrogens with zero attached hydrogens (tertiary/aromatic N) is 1. The number of carbonyl (C=O) groups excluding carboxylic acids is 2. The summed E-state index contributed by atoms with van der Waals surface area (Å²) in [5.41, 5.74) is 0.494. The van der Waals surface area contributed by atoms with Crippen LogP contribution in [-0.2, 0) is 4.79 Å². The molecule has 0 bridgehead atoms. The third-order valence-corrected chi connectivity index (χ3v) is 5.48. The second-order valence-corrected chi connectivity index (χ2v) is 7.60. The SMILES string of the molecule is CC(C(=O)Nc1cc(F)ccc1F)C1CCN(C(=O)Nc2ccc(Cl)cc2)CC1. The minimum atomic E-state index is -0.680. The normalized spacial score (nSPS) is 15.7. The van der Waals surface area contributed by atoms with E-state index in [4.69, 9.17) is 11.6 Å². The molecular weight excluding hydrogens is 400 g/mol. The van der Waals surface area contributed by atoms with Crippen LogP contribution in [0.15, 0.2) is 42.5 Å². The summed E-state index contributed by atoms with van der Waals surface area (Å²) in [6.07, 6.45) is 1.29.